The average molecular weight is 486 g/mol. The van der Waals surface area contributed by atoms with Gasteiger partial charge in [0.15, 0.2) is 5.82 Å². The molecule has 1 aliphatic heterocycles. The minimum absolute atomic E-state index is 0.156. The van der Waals surface area contributed by atoms with Crippen LogP contribution >= 0.6 is 0 Å². The number of hydrogen-bond acceptors (Lipinski definition) is 6. The maximum atomic E-state index is 13.4. The molecule has 184 valence electrons. The van der Waals surface area contributed by atoms with Crippen molar-refractivity contribution in [1.29, 1.82) is 0 Å². The normalized spacial score (nSPS) is 26.3. The van der Waals surface area contributed by atoms with Gasteiger partial charge in [-0.2, -0.15) is 13.2 Å². The third-order valence-electron chi connectivity index (χ3n) is 7.48. The fraction of sp³-hybridized carbons (Fsp3) is 0.480. The molecule has 35 heavy (non-hydrogen) atoms. The number of morpholine rings is 1. The van der Waals surface area contributed by atoms with Crippen molar-refractivity contribution >= 4 is 0 Å². The summed E-state index contributed by atoms with van der Waals surface area (Å²) in [5.74, 6) is 1.53. The van der Waals surface area contributed by atoms with Crippen LogP contribution in [-0.2, 0) is 27.6 Å². The van der Waals surface area contributed by atoms with Crippen LogP contribution in [0.1, 0.15) is 29.9 Å². The largest absolute Gasteiger partial charge is 0.433 e. The van der Waals surface area contributed by atoms with Gasteiger partial charge in [-0.25, -0.2) is 9.67 Å². The first-order chi connectivity index (χ1) is 16.9. The first-order valence-electron chi connectivity index (χ1n) is 11.8. The van der Waals surface area contributed by atoms with Crippen LogP contribution in [0.15, 0.2) is 42.6 Å². The Morgan fingerprint density at radius 3 is 2.71 bits per heavy atom. The lowest BCUT2D eigenvalue weighted by atomic mass is 9.81. The number of alkyl halides is 3. The highest BCUT2D eigenvalue weighted by Gasteiger charge is 2.71. The molecule has 0 spiro atoms. The van der Waals surface area contributed by atoms with Crippen molar-refractivity contribution < 1.29 is 22.6 Å². The van der Waals surface area contributed by atoms with Gasteiger partial charge in [-0.1, -0.05) is 18.2 Å². The summed E-state index contributed by atoms with van der Waals surface area (Å²) < 4.78 is 52.7. The van der Waals surface area contributed by atoms with Gasteiger partial charge in [0, 0.05) is 43.9 Å². The molecule has 0 N–H and O–H groups in total. The smallest absolute Gasteiger partial charge is 0.381 e. The molecule has 0 unspecified atom stereocenters. The van der Waals surface area contributed by atoms with Gasteiger partial charge < -0.3 is 9.47 Å². The summed E-state index contributed by atoms with van der Waals surface area (Å²) in [6.07, 6.45) is -1.51. The quantitative estimate of drug-likeness (QED) is 0.529. The van der Waals surface area contributed by atoms with E-state index in [1.807, 2.05) is 12.1 Å². The third kappa shape index (κ3) is 4.03. The molecule has 6 rings (SSSR count). The summed E-state index contributed by atoms with van der Waals surface area (Å²) in [6, 6.07) is 10.6. The molecule has 2 aliphatic carbocycles. The number of halogens is 3. The number of methoxy groups -OCH3 is 1. The molecule has 2 aromatic heterocycles. The zero-order valence-electron chi connectivity index (χ0n) is 19.3. The second-order valence-electron chi connectivity index (χ2n) is 9.60. The standard InChI is InChI=1S/C25H26F3N5O2/c1-34-20-14-24(13-19(20)24)23-30-22(31-33(23)18-5-6-29-21(12-18)25(26,27)28)17-4-2-3-16(11-17)15-32-7-9-35-10-8-32/h2-6,11-12,19-20H,7-10,13-15H2,1H3/t19-,20-,24-/m1/s1. The van der Waals surface area contributed by atoms with Crippen molar-refractivity contribution in [2.45, 2.75) is 37.1 Å². The SMILES string of the molecule is CO[C@@H]1C[C@]2(c3nc(-c4cccc(CN5CCOCC5)c4)nn3-c3ccnc(C(F)(F)F)c3)C[C@H]12. The zero-order chi connectivity index (χ0) is 24.2. The number of nitrogens with zero attached hydrogens (tertiary/aromatic N) is 5. The highest BCUT2D eigenvalue weighted by molar-refractivity contribution is 5.57. The molecule has 3 aromatic rings. The highest BCUT2D eigenvalue weighted by atomic mass is 19.4. The second-order valence-corrected chi connectivity index (χ2v) is 9.60. The molecule has 0 amide bonds. The molecule has 7 nitrogen and oxygen atoms in total. The molecule has 0 bridgehead atoms. The Morgan fingerprint density at radius 2 is 1.97 bits per heavy atom. The van der Waals surface area contributed by atoms with Gasteiger partial charge in [0.1, 0.15) is 11.5 Å². The molecular formula is C25H26F3N5O2. The van der Waals surface area contributed by atoms with Gasteiger partial charge >= 0.3 is 6.18 Å². The van der Waals surface area contributed by atoms with E-state index in [2.05, 4.69) is 22.0 Å². The lowest BCUT2D eigenvalue weighted by Crippen LogP contribution is -2.37. The Hall–Kier alpha value is -2.82. The lowest BCUT2D eigenvalue weighted by molar-refractivity contribution is -0.141. The maximum absolute atomic E-state index is 13.4. The Balaban J connectivity index is 1.37. The van der Waals surface area contributed by atoms with Crippen molar-refractivity contribution in [2.75, 3.05) is 33.4 Å². The summed E-state index contributed by atoms with van der Waals surface area (Å²) in [5, 5.41) is 4.72. The Bertz CT molecular complexity index is 1240. The second kappa shape index (κ2) is 8.39. The number of ether oxygens (including phenoxy) is 2. The van der Waals surface area contributed by atoms with Crippen molar-refractivity contribution in [2.24, 2.45) is 5.92 Å². The van der Waals surface area contributed by atoms with E-state index in [4.69, 9.17) is 19.6 Å². The fourth-order valence-corrected chi connectivity index (χ4v) is 5.46. The molecule has 3 heterocycles. The monoisotopic (exact) mass is 485 g/mol. The van der Waals surface area contributed by atoms with E-state index in [1.165, 1.54) is 6.20 Å². The van der Waals surface area contributed by atoms with Crippen LogP contribution in [0, 0.1) is 5.92 Å². The fourth-order valence-electron chi connectivity index (χ4n) is 5.46. The Morgan fingerprint density at radius 1 is 1.14 bits per heavy atom. The molecule has 2 saturated carbocycles. The Labute approximate surface area is 200 Å². The van der Waals surface area contributed by atoms with Gasteiger partial charge in [0.25, 0.3) is 0 Å². The van der Waals surface area contributed by atoms with Crippen LogP contribution in [-0.4, -0.2) is 64.2 Å². The van der Waals surface area contributed by atoms with Gasteiger partial charge in [0.05, 0.1) is 25.0 Å². The van der Waals surface area contributed by atoms with Crippen LogP contribution in [0.4, 0.5) is 13.2 Å². The van der Waals surface area contributed by atoms with E-state index in [0.717, 1.165) is 62.9 Å². The number of hydrogen-bond donors (Lipinski definition) is 0. The van der Waals surface area contributed by atoms with Crippen LogP contribution in [0.5, 0.6) is 0 Å². The van der Waals surface area contributed by atoms with Gasteiger partial charge in [0.2, 0.25) is 0 Å². The summed E-state index contributed by atoms with van der Waals surface area (Å²) in [4.78, 5) is 10.7. The molecule has 10 heteroatoms. The molecular weight excluding hydrogens is 459 g/mol. The number of pyridine rings is 1. The zero-order valence-corrected chi connectivity index (χ0v) is 19.3. The number of fused-ring (bicyclic) bond motifs is 1. The van der Waals surface area contributed by atoms with Crippen LogP contribution < -0.4 is 0 Å². The van der Waals surface area contributed by atoms with E-state index >= 15 is 0 Å². The van der Waals surface area contributed by atoms with Gasteiger partial charge in [-0.15, -0.1) is 5.10 Å². The summed E-state index contributed by atoms with van der Waals surface area (Å²) in [7, 11) is 1.70. The third-order valence-corrected chi connectivity index (χ3v) is 7.48. The molecule has 3 fully saturated rings. The maximum Gasteiger partial charge on any atom is 0.433 e. The van der Waals surface area contributed by atoms with Gasteiger partial charge in [-0.3, -0.25) is 9.88 Å². The molecule has 1 saturated heterocycles. The van der Waals surface area contributed by atoms with E-state index < -0.39 is 11.9 Å². The minimum atomic E-state index is -4.54. The number of benzene rings is 1. The summed E-state index contributed by atoms with van der Waals surface area (Å²) in [5.41, 5.74) is 1.15. The van der Waals surface area contributed by atoms with Crippen LogP contribution in [0.2, 0.25) is 0 Å². The first-order valence-corrected chi connectivity index (χ1v) is 11.8. The van der Waals surface area contributed by atoms with Crippen LogP contribution in [0.25, 0.3) is 17.1 Å². The van der Waals surface area contributed by atoms with Crippen molar-refractivity contribution in [1.82, 2.24) is 24.6 Å². The van der Waals surface area contributed by atoms with Gasteiger partial charge in [-0.05, 0) is 42.5 Å². The van der Waals surface area contributed by atoms with Crippen LogP contribution in [0.3, 0.4) is 0 Å². The minimum Gasteiger partial charge on any atom is -0.381 e. The van der Waals surface area contributed by atoms with Crippen molar-refractivity contribution in [3.05, 3.63) is 59.7 Å². The molecule has 3 aliphatic rings. The molecule has 0 radical (unpaired) electrons. The number of aromatic nitrogens is 4. The predicted molar refractivity (Wildman–Crippen MR) is 121 cm³/mol. The molecule has 1 aromatic carbocycles. The van der Waals surface area contributed by atoms with E-state index in [0.29, 0.717) is 23.3 Å². The predicted octanol–water partition coefficient (Wildman–Crippen LogP) is 3.86. The van der Waals surface area contributed by atoms with E-state index in [1.54, 1.807) is 17.9 Å². The Kier molecular flexibility index (Phi) is 5.43. The molecule has 3 atom stereocenters. The van der Waals surface area contributed by atoms with Crippen molar-refractivity contribution in [3.63, 3.8) is 0 Å². The summed E-state index contributed by atoms with van der Waals surface area (Å²) in [6.45, 7) is 4.02. The first kappa shape index (κ1) is 22.6. The number of rotatable bonds is 6. The summed E-state index contributed by atoms with van der Waals surface area (Å²) >= 11 is 0. The van der Waals surface area contributed by atoms with E-state index in [-0.39, 0.29) is 11.5 Å². The van der Waals surface area contributed by atoms with E-state index in [9.17, 15) is 13.2 Å². The lowest BCUT2D eigenvalue weighted by Gasteiger charge is -2.32. The topological polar surface area (TPSA) is 65.3 Å². The highest BCUT2D eigenvalue weighted by Crippen LogP contribution is 2.68. The average Bonchev–Trinajstić information content (AvgIpc) is 3.22. The van der Waals surface area contributed by atoms with Crippen molar-refractivity contribution in [3.8, 4) is 17.1 Å².